The van der Waals surface area contributed by atoms with Crippen molar-refractivity contribution in [1.29, 1.82) is 0 Å². The number of anilines is 1. The number of carbonyl (C=O) groups excluding carboxylic acids is 1. The number of nitrogen functional groups attached to an aromatic ring is 1. The van der Waals surface area contributed by atoms with Gasteiger partial charge in [-0.3, -0.25) is 9.59 Å². The first kappa shape index (κ1) is 14.2. The quantitative estimate of drug-likeness (QED) is 0.766. The summed E-state index contributed by atoms with van der Waals surface area (Å²) in [4.78, 5) is 27.5. The van der Waals surface area contributed by atoms with Gasteiger partial charge in [-0.15, -0.1) is 9.24 Å². The van der Waals surface area contributed by atoms with E-state index < -0.39 is 11.5 Å². The fourth-order valence-corrected chi connectivity index (χ4v) is 1.83. The van der Waals surface area contributed by atoms with Crippen LogP contribution in [0.1, 0.15) is 16.1 Å². The van der Waals surface area contributed by atoms with Gasteiger partial charge in [0.25, 0.3) is 11.5 Å². The van der Waals surface area contributed by atoms with E-state index in [4.69, 9.17) is 5.73 Å². The zero-order valence-electron chi connectivity index (χ0n) is 11.0. The Labute approximate surface area is 118 Å². The Balaban J connectivity index is 2.11. The Morgan fingerprint density at radius 3 is 2.70 bits per heavy atom. The largest absolute Gasteiger partial charge is 0.392 e. The van der Waals surface area contributed by atoms with Crippen molar-refractivity contribution < 1.29 is 4.79 Å². The number of nitrogens with zero attached hydrogens (tertiary/aromatic N) is 2. The molecule has 1 heterocycles. The first-order chi connectivity index (χ1) is 9.49. The van der Waals surface area contributed by atoms with Gasteiger partial charge in [0.05, 0.1) is 6.33 Å². The molecule has 0 radical (unpaired) electrons. The van der Waals surface area contributed by atoms with E-state index in [1.807, 2.05) is 24.3 Å². The van der Waals surface area contributed by atoms with E-state index in [1.165, 1.54) is 17.9 Å². The van der Waals surface area contributed by atoms with Gasteiger partial charge < -0.3 is 15.6 Å². The molecule has 2 aromatic rings. The molecule has 0 aliphatic carbocycles. The Morgan fingerprint density at radius 2 is 2.05 bits per heavy atom. The SMILES string of the molecule is Cn1cnc(C(=O)NCc2ccc(P)cc2)c(N)c1=O. The second kappa shape index (κ2) is 5.84. The third-order valence-electron chi connectivity index (χ3n) is 2.81. The molecular weight excluding hydrogens is 275 g/mol. The van der Waals surface area contributed by atoms with Crippen LogP contribution >= 0.6 is 9.24 Å². The number of aromatic nitrogens is 2. The normalized spacial score (nSPS) is 10.3. The lowest BCUT2D eigenvalue weighted by atomic mass is 10.2. The number of carbonyl (C=O) groups is 1. The lowest BCUT2D eigenvalue weighted by Crippen LogP contribution is -2.30. The summed E-state index contributed by atoms with van der Waals surface area (Å²) in [7, 11) is 4.12. The molecule has 0 aliphatic rings. The molecule has 1 atom stereocenters. The van der Waals surface area contributed by atoms with Crippen molar-refractivity contribution >= 4 is 26.1 Å². The molecule has 1 aromatic heterocycles. The number of amides is 1. The lowest BCUT2D eigenvalue weighted by molar-refractivity contribution is 0.0946. The van der Waals surface area contributed by atoms with Crippen LogP contribution in [0.15, 0.2) is 35.4 Å². The predicted molar refractivity (Wildman–Crippen MR) is 80.8 cm³/mol. The van der Waals surface area contributed by atoms with E-state index in [9.17, 15) is 9.59 Å². The third-order valence-corrected chi connectivity index (χ3v) is 3.20. The number of nitrogens with two attached hydrogens (primary N) is 1. The highest BCUT2D eigenvalue weighted by molar-refractivity contribution is 7.27. The smallest absolute Gasteiger partial charge is 0.277 e. The highest BCUT2D eigenvalue weighted by Gasteiger charge is 2.14. The van der Waals surface area contributed by atoms with Crippen LogP contribution in [0.2, 0.25) is 0 Å². The number of hydrogen-bond acceptors (Lipinski definition) is 4. The number of benzene rings is 1. The minimum atomic E-state index is -0.463. The van der Waals surface area contributed by atoms with Crippen LogP contribution in [0.3, 0.4) is 0 Å². The Hall–Kier alpha value is -2.20. The summed E-state index contributed by atoms with van der Waals surface area (Å²) in [6, 6.07) is 7.67. The molecule has 0 bridgehead atoms. The Morgan fingerprint density at radius 1 is 1.40 bits per heavy atom. The molecule has 20 heavy (non-hydrogen) atoms. The van der Waals surface area contributed by atoms with Gasteiger partial charge in [-0.05, 0) is 10.9 Å². The van der Waals surface area contributed by atoms with E-state index in [2.05, 4.69) is 19.5 Å². The van der Waals surface area contributed by atoms with Crippen LogP contribution < -0.4 is 21.9 Å². The minimum Gasteiger partial charge on any atom is -0.392 e. The van der Waals surface area contributed by atoms with Crippen molar-refractivity contribution in [3.05, 3.63) is 52.2 Å². The molecule has 104 valence electrons. The van der Waals surface area contributed by atoms with Crippen LogP contribution in [-0.4, -0.2) is 15.5 Å². The second-order valence-corrected chi connectivity index (χ2v) is 5.01. The Kier molecular flexibility index (Phi) is 4.15. The van der Waals surface area contributed by atoms with Gasteiger partial charge in [-0.1, -0.05) is 24.3 Å². The average molecular weight is 290 g/mol. The minimum absolute atomic E-state index is 0.0456. The molecule has 3 N–H and O–H groups in total. The van der Waals surface area contributed by atoms with Crippen molar-refractivity contribution in [2.45, 2.75) is 6.54 Å². The molecule has 7 heteroatoms. The van der Waals surface area contributed by atoms with Crippen LogP contribution in [0.5, 0.6) is 0 Å². The predicted octanol–water partition coefficient (Wildman–Crippen LogP) is -0.207. The maximum absolute atomic E-state index is 12.0. The van der Waals surface area contributed by atoms with Gasteiger partial charge in [-0.2, -0.15) is 0 Å². The topological polar surface area (TPSA) is 90.0 Å². The average Bonchev–Trinajstić information content (AvgIpc) is 2.44. The third kappa shape index (κ3) is 3.03. The molecule has 0 fully saturated rings. The standard InChI is InChI=1S/C13H15N4O2P/c1-17-7-16-11(10(14)13(17)19)12(18)15-6-8-2-4-9(20)5-3-8/h2-5,7H,6,14,20H2,1H3,(H,15,18). The van der Waals surface area contributed by atoms with Crippen molar-refractivity contribution in [2.24, 2.45) is 7.05 Å². The molecule has 0 spiro atoms. The van der Waals surface area contributed by atoms with E-state index in [0.717, 1.165) is 10.9 Å². The van der Waals surface area contributed by atoms with Crippen molar-refractivity contribution in [2.75, 3.05) is 5.73 Å². The summed E-state index contributed by atoms with van der Waals surface area (Å²) < 4.78 is 1.23. The van der Waals surface area contributed by atoms with Crippen LogP contribution in [0, 0.1) is 0 Å². The monoisotopic (exact) mass is 290 g/mol. The highest BCUT2D eigenvalue weighted by Crippen LogP contribution is 2.03. The fraction of sp³-hybridized carbons (Fsp3) is 0.154. The molecule has 6 nitrogen and oxygen atoms in total. The molecule has 0 saturated heterocycles. The van der Waals surface area contributed by atoms with Crippen molar-refractivity contribution in [3.8, 4) is 0 Å². The van der Waals surface area contributed by atoms with Gasteiger partial charge in [-0.25, -0.2) is 4.98 Å². The Bertz CT molecular complexity index is 695. The van der Waals surface area contributed by atoms with Gasteiger partial charge >= 0.3 is 0 Å². The number of rotatable bonds is 3. The summed E-state index contributed by atoms with van der Waals surface area (Å²) >= 11 is 0. The zero-order chi connectivity index (χ0) is 14.7. The van der Waals surface area contributed by atoms with E-state index in [1.54, 1.807) is 0 Å². The number of hydrogen-bond donors (Lipinski definition) is 2. The van der Waals surface area contributed by atoms with Crippen LogP contribution in [-0.2, 0) is 13.6 Å². The summed E-state index contributed by atoms with van der Waals surface area (Å²) in [6.45, 7) is 0.347. The van der Waals surface area contributed by atoms with Gasteiger partial charge in [0.15, 0.2) is 5.69 Å². The maximum atomic E-state index is 12.0. The van der Waals surface area contributed by atoms with E-state index >= 15 is 0 Å². The lowest BCUT2D eigenvalue weighted by Gasteiger charge is -2.07. The molecular formula is C13H15N4O2P. The number of nitrogens with one attached hydrogen (secondary N) is 1. The molecule has 1 amide bonds. The van der Waals surface area contributed by atoms with Crippen LogP contribution in [0.4, 0.5) is 5.69 Å². The summed E-state index contributed by atoms with van der Waals surface area (Å²) in [6.07, 6.45) is 1.27. The second-order valence-electron chi connectivity index (χ2n) is 4.35. The van der Waals surface area contributed by atoms with E-state index in [0.29, 0.717) is 6.54 Å². The molecule has 0 saturated carbocycles. The summed E-state index contributed by atoms with van der Waals surface area (Å²) in [5.74, 6) is -0.463. The van der Waals surface area contributed by atoms with E-state index in [-0.39, 0.29) is 11.4 Å². The van der Waals surface area contributed by atoms with Gasteiger partial charge in [0.1, 0.15) is 5.69 Å². The first-order valence-corrected chi connectivity index (χ1v) is 6.50. The molecule has 1 aromatic carbocycles. The maximum Gasteiger partial charge on any atom is 0.277 e. The molecule has 0 aliphatic heterocycles. The van der Waals surface area contributed by atoms with Gasteiger partial charge in [0, 0.05) is 13.6 Å². The number of aryl methyl sites for hydroxylation is 1. The van der Waals surface area contributed by atoms with Crippen LogP contribution in [0.25, 0.3) is 0 Å². The fourth-order valence-electron chi connectivity index (χ4n) is 1.64. The summed E-state index contributed by atoms with van der Waals surface area (Å²) in [5.41, 5.74) is 5.94. The molecule has 1 unspecified atom stereocenters. The van der Waals surface area contributed by atoms with Gasteiger partial charge in [0.2, 0.25) is 0 Å². The highest BCUT2D eigenvalue weighted by atomic mass is 31.0. The molecule has 2 rings (SSSR count). The first-order valence-electron chi connectivity index (χ1n) is 5.92. The zero-order valence-corrected chi connectivity index (χ0v) is 12.1. The van der Waals surface area contributed by atoms with Crippen molar-refractivity contribution in [1.82, 2.24) is 14.9 Å². The van der Waals surface area contributed by atoms with Crippen molar-refractivity contribution in [3.63, 3.8) is 0 Å². The summed E-state index contributed by atoms with van der Waals surface area (Å²) in [5, 5.41) is 3.75.